The minimum Gasteiger partial charge on any atom is -0.467 e. The number of methoxy groups -OCH3 is 1. The number of piperidine rings is 1. The SMILES string of the molecule is COC(=O)[C@H](C)NC(=O)C1CCCN(C(C)=O)C1. The molecule has 18 heavy (non-hydrogen) atoms. The van der Waals surface area contributed by atoms with Crippen LogP contribution in [-0.4, -0.2) is 48.9 Å². The first-order valence-electron chi connectivity index (χ1n) is 6.09. The Balaban J connectivity index is 2.51. The van der Waals surface area contributed by atoms with Crippen molar-refractivity contribution in [2.24, 2.45) is 5.92 Å². The molecule has 102 valence electrons. The topological polar surface area (TPSA) is 75.7 Å². The van der Waals surface area contributed by atoms with E-state index in [1.54, 1.807) is 11.8 Å². The summed E-state index contributed by atoms with van der Waals surface area (Å²) < 4.78 is 4.54. The summed E-state index contributed by atoms with van der Waals surface area (Å²) in [4.78, 5) is 36.1. The lowest BCUT2D eigenvalue weighted by Crippen LogP contribution is -2.48. The fraction of sp³-hybridized carbons (Fsp3) is 0.750. The fourth-order valence-electron chi connectivity index (χ4n) is 2.04. The Kier molecular flexibility index (Phi) is 5.12. The summed E-state index contributed by atoms with van der Waals surface area (Å²) in [6.07, 6.45) is 1.55. The van der Waals surface area contributed by atoms with Gasteiger partial charge in [-0.15, -0.1) is 0 Å². The van der Waals surface area contributed by atoms with E-state index in [0.29, 0.717) is 13.1 Å². The average Bonchev–Trinajstić information content (AvgIpc) is 2.37. The van der Waals surface area contributed by atoms with Gasteiger partial charge < -0.3 is 15.0 Å². The van der Waals surface area contributed by atoms with E-state index in [-0.39, 0.29) is 17.7 Å². The number of ether oxygens (including phenoxy) is 1. The van der Waals surface area contributed by atoms with Gasteiger partial charge in [0.25, 0.3) is 0 Å². The molecule has 0 saturated carbocycles. The van der Waals surface area contributed by atoms with Crippen LogP contribution in [0.2, 0.25) is 0 Å². The van der Waals surface area contributed by atoms with Crippen molar-refractivity contribution in [3.05, 3.63) is 0 Å². The van der Waals surface area contributed by atoms with Crippen molar-refractivity contribution in [3.63, 3.8) is 0 Å². The Labute approximate surface area is 107 Å². The first-order chi connectivity index (χ1) is 8.45. The molecule has 1 unspecified atom stereocenters. The largest absolute Gasteiger partial charge is 0.467 e. The number of carbonyl (C=O) groups is 3. The van der Waals surface area contributed by atoms with Crippen LogP contribution in [-0.2, 0) is 19.1 Å². The fourth-order valence-corrected chi connectivity index (χ4v) is 2.04. The first-order valence-corrected chi connectivity index (χ1v) is 6.09. The highest BCUT2D eigenvalue weighted by Crippen LogP contribution is 2.16. The van der Waals surface area contributed by atoms with Gasteiger partial charge in [0.2, 0.25) is 11.8 Å². The predicted octanol–water partition coefficient (Wildman–Crippen LogP) is -0.0774. The lowest BCUT2D eigenvalue weighted by molar-refractivity contribution is -0.145. The Morgan fingerprint density at radius 2 is 2.06 bits per heavy atom. The smallest absolute Gasteiger partial charge is 0.328 e. The molecule has 0 aromatic rings. The van der Waals surface area contributed by atoms with E-state index in [0.717, 1.165) is 12.8 Å². The third-order valence-electron chi connectivity index (χ3n) is 3.15. The van der Waals surface area contributed by atoms with E-state index < -0.39 is 12.0 Å². The molecule has 1 aliphatic rings. The number of rotatable bonds is 3. The molecule has 0 spiro atoms. The van der Waals surface area contributed by atoms with Gasteiger partial charge in [-0.1, -0.05) is 0 Å². The third-order valence-corrected chi connectivity index (χ3v) is 3.15. The zero-order valence-electron chi connectivity index (χ0n) is 11.1. The summed E-state index contributed by atoms with van der Waals surface area (Å²) in [5, 5.41) is 2.61. The predicted molar refractivity (Wildman–Crippen MR) is 64.6 cm³/mol. The van der Waals surface area contributed by atoms with Crippen molar-refractivity contribution >= 4 is 17.8 Å². The van der Waals surface area contributed by atoms with Gasteiger partial charge in [0.05, 0.1) is 13.0 Å². The molecule has 2 amide bonds. The van der Waals surface area contributed by atoms with E-state index in [2.05, 4.69) is 10.1 Å². The maximum Gasteiger partial charge on any atom is 0.328 e. The van der Waals surface area contributed by atoms with Crippen LogP contribution in [0.25, 0.3) is 0 Å². The van der Waals surface area contributed by atoms with Crippen LogP contribution in [0.1, 0.15) is 26.7 Å². The van der Waals surface area contributed by atoms with E-state index in [4.69, 9.17) is 0 Å². The van der Waals surface area contributed by atoms with Crippen LogP contribution >= 0.6 is 0 Å². The average molecular weight is 256 g/mol. The van der Waals surface area contributed by atoms with Crippen molar-refractivity contribution < 1.29 is 19.1 Å². The van der Waals surface area contributed by atoms with Crippen LogP contribution in [0, 0.1) is 5.92 Å². The summed E-state index contributed by atoms with van der Waals surface area (Å²) in [5.74, 6) is -0.926. The lowest BCUT2D eigenvalue weighted by Gasteiger charge is -2.31. The number of nitrogens with one attached hydrogen (secondary N) is 1. The maximum atomic E-state index is 11.9. The van der Waals surface area contributed by atoms with E-state index in [1.165, 1.54) is 14.0 Å². The van der Waals surface area contributed by atoms with Gasteiger partial charge in [0.1, 0.15) is 6.04 Å². The summed E-state index contributed by atoms with van der Waals surface area (Å²) >= 11 is 0. The number of amides is 2. The Bertz CT molecular complexity index is 343. The molecule has 0 aliphatic carbocycles. The number of carbonyl (C=O) groups excluding carboxylic acids is 3. The van der Waals surface area contributed by atoms with E-state index >= 15 is 0 Å². The number of nitrogens with zero attached hydrogens (tertiary/aromatic N) is 1. The first kappa shape index (κ1) is 14.5. The van der Waals surface area contributed by atoms with Gasteiger partial charge in [-0.25, -0.2) is 4.79 Å². The molecule has 1 heterocycles. The highest BCUT2D eigenvalue weighted by Gasteiger charge is 2.28. The van der Waals surface area contributed by atoms with Crippen LogP contribution in [0.4, 0.5) is 0 Å². The number of hydrogen-bond acceptors (Lipinski definition) is 4. The molecule has 1 saturated heterocycles. The van der Waals surface area contributed by atoms with Crippen LogP contribution < -0.4 is 5.32 Å². The second-order valence-corrected chi connectivity index (χ2v) is 4.56. The molecule has 1 N–H and O–H groups in total. The van der Waals surface area contributed by atoms with Gasteiger partial charge in [0.15, 0.2) is 0 Å². The zero-order valence-corrected chi connectivity index (χ0v) is 11.1. The molecule has 0 bridgehead atoms. The molecule has 2 atom stereocenters. The van der Waals surface area contributed by atoms with Crippen molar-refractivity contribution in [1.82, 2.24) is 10.2 Å². The van der Waals surface area contributed by atoms with Crippen molar-refractivity contribution in [1.29, 1.82) is 0 Å². The van der Waals surface area contributed by atoms with Crippen molar-refractivity contribution in [2.75, 3.05) is 20.2 Å². The number of esters is 1. The quantitative estimate of drug-likeness (QED) is 0.717. The molecular weight excluding hydrogens is 236 g/mol. The Morgan fingerprint density at radius 1 is 1.39 bits per heavy atom. The number of likely N-dealkylation sites (tertiary alicyclic amines) is 1. The molecule has 0 radical (unpaired) electrons. The second kappa shape index (κ2) is 6.37. The highest BCUT2D eigenvalue weighted by molar-refractivity contribution is 5.86. The van der Waals surface area contributed by atoms with Gasteiger partial charge >= 0.3 is 5.97 Å². The molecule has 1 aliphatic heterocycles. The molecule has 1 rings (SSSR count). The van der Waals surface area contributed by atoms with Gasteiger partial charge in [-0.3, -0.25) is 9.59 Å². The van der Waals surface area contributed by atoms with Gasteiger partial charge in [-0.05, 0) is 19.8 Å². The van der Waals surface area contributed by atoms with Crippen molar-refractivity contribution in [3.8, 4) is 0 Å². The van der Waals surface area contributed by atoms with Crippen LogP contribution in [0.5, 0.6) is 0 Å². The van der Waals surface area contributed by atoms with Crippen molar-refractivity contribution in [2.45, 2.75) is 32.7 Å². The standard InChI is InChI=1S/C12H20N2O4/c1-8(12(17)18-3)13-11(16)10-5-4-6-14(7-10)9(2)15/h8,10H,4-7H2,1-3H3,(H,13,16)/t8-,10?/m0/s1. The maximum absolute atomic E-state index is 11.9. The van der Waals surface area contributed by atoms with Gasteiger partial charge in [-0.2, -0.15) is 0 Å². The monoisotopic (exact) mass is 256 g/mol. The molecule has 6 heteroatoms. The van der Waals surface area contributed by atoms with E-state index in [9.17, 15) is 14.4 Å². The second-order valence-electron chi connectivity index (χ2n) is 4.56. The third kappa shape index (κ3) is 3.72. The molecule has 6 nitrogen and oxygen atoms in total. The molecular formula is C12H20N2O4. The number of hydrogen-bond donors (Lipinski definition) is 1. The zero-order chi connectivity index (χ0) is 13.7. The summed E-state index contributed by atoms with van der Waals surface area (Å²) in [6.45, 7) is 4.20. The van der Waals surface area contributed by atoms with E-state index in [1.807, 2.05) is 0 Å². The molecule has 0 aromatic carbocycles. The Hall–Kier alpha value is -1.59. The summed E-state index contributed by atoms with van der Waals surface area (Å²) in [7, 11) is 1.28. The lowest BCUT2D eigenvalue weighted by atomic mass is 9.97. The highest BCUT2D eigenvalue weighted by atomic mass is 16.5. The molecule has 0 aromatic heterocycles. The Morgan fingerprint density at radius 3 is 2.61 bits per heavy atom. The molecule has 1 fully saturated rings. The summed E-state index contributed by atoms with van der Waals surface area (Å²) in [5.41, 5.74) is 0. The van der Waals surface area contributed by atoms with Crippen LogP contribution in [0.3, 0.4) is 0 Å². The summed E-state index contributed by atoms with van der Waals surface area (Å²) in [6, 6.07) is -0.657. The minimum atomic E-state index is -0.657. The van der Waals surface area contributed by atoms with Gasteiger partial charge in [0, 0.05) is 20.0 Å². The van der Waals surface area contributed by atoms with Crippen LogP contribution in [0.15, 0.2) is 0 Å². The minimum absolute atomic E-state index is 0.0199. The normalized spacial score (nSPS) is 21.1.